The third-order valence-corrected chi connectivity index (χ3v) is 4.42. The van der Waals surface area contributed by atoms with Crippen LogP contribution in [0.5, 0.6) is 0 Å². The molecule has 0 aliphatic heterocycles. The Morgan fingerprint density at radius 1 is 1.22 bits per heavy atom. The van der Waals surface area contributed by atoms with Crippen molar-refractivity contribution in [2.45, 2.75) is 52.5 Å². The van der Waals surface area contributed by atoms with Crippen LogP contribution in [0.2, 0.25) is 0 Å². The molecule has 142 valence electrons. The van der Waals surface area contributed by atoms with Gasteiger partial charge < -0.3 is 9.84 Å². The summed E-state index contributed by atoms with van der Waals surface area (Å²) in [5.41, 5.74) is 2.08. The van der Waals surface area contributed by atoms with Gasteiger partial charge in [-0.3, -0.25) is 9.48 Å². The second-order valence-corrected chi connectivity index (χ2v) is 6.98. The molecule has 0 radical (unpaired) electrons. The number of benzene rings is 1. The molecule has 0 saturated carbocycles. The molecule has 1 aromatic carbocycles. The van der Waals surface area contributed by atoms with E-state index in [0.717, 1.165) is 11.1 Å². The lowest BCUT2D eigenvalue weighted by atomic mass is 10.1. The third kappa shape index (κ3) is 4.61. The molecule has 7 heteroatoms. The average molecular weight is 367 g/mol. The van der Waals surface area contributed by atoms with Gasteiger partial charge in [0.15, 0.2) is 11.6 Å². The van der Waals surface area contributed by atoms with Crippen molar-refractivity contribution >= 4 is 11.7 Å². The number of carbonyl (C=O) groups excluding carboxylic acids is 1. The van der Waals surface area contributed by atoms with Crippen molar-refractivity contribution in [1.29, 1.82) is 0 Å². The molecular weight excluding hydrogens is 342 g/mol. The summed E-state index contributed by atoms with van der Waals surface area (Å²) in [6.07, 6.45) is 2.62. The van der Waals surface area contributed by atoms with Crippen LogP contribution < -0.4 is 5.32 Å². The number of nitrogens with one attached hydrogen (secondary N) is 1. The molecule has 3 aromatic rings. The first-order valence-corrected chi connectivity index (χ1v) is 9.17. The van der Waals surface area contributed by atoms with Crippen molar-refractivity contribution in [3.05, 3.63) is 59.4 Å². The van der Waals surface area contributed by atoms with Crippen LogP contribution in [0, 0.1) is 6.92 Å². The van der Waals surface area contributed by atoms with Crippen LogP contribution >= 0.6 is 0 Å². The Labute approximate surface area is 158 Å². The van der Waals surface area contributed by atoms with Gasteiger partial charge in [0.25, 0.3) is 0 Å². The molecule has 1 unspecified atom stereocenters. The van der Waals surface area contributed by atoms with Crippen LogP contribution in [-0.4, -0.2) is 25.8 Å². The predicted molar refractivity (Wildman–Crippen MR) is 103 cm³/mol. The average Bonchev–Trinajstić information content (AvgIpc) is 3.27. The number of nitrogens with zero attached hydrogens (tertiary/aromatic N) is 4. The van der Waals surface area contributed by atoms with E-state index in [4.69, 9.17) is 4.52 Å². The van der Waals surface area contributed by atoms with Gasteiger partial charge in [-0.2, -0.15) is 10.1 Å². The monoisotopic (exact) mass is 367 g/mol. The first-order valence-electron chi connectivity index (χ1n) is 9.17. The normalized spacial score (nSPS) is 12.3. The van der Waals surface area contributed by atoms with Crippen molar-refractivity contribution in [1.82, 2.24) is 19.9 Å². The lowest BCUT2D eigenvalue weighted by Crippen LogP contribution is -2.14. The number of carbonyl (C=O) groups is 1. The summed E-state index contributed by atoms with van der Waals surface area (Å²) in [6, 6.07) is 10.2. The van der Waals surface area contributed by atoms with Gasteiger partial charge in [-0.05, 0) is 19.4 Å². The SMILES string of the molecule is Cc1cn(C(C)c2ccccc2)nc1NC(=O)CCc1nc(C(C)C)no1. The molecule has 2 aromatic heterocycles. The van der Waals surface area contributed by atoms with Crippen LogP contribution in [0.4, 0.5) is 5.82 Å². The van der Waals surface area contributed by atoms with Gasteiger partial charge in [-0.15, -0.1) is 0 Å². The lowest BCUT2D eigenvalue weighted by Gasteiger charge is -2.12. The minimum Gasteiger partial charge on any atom is -0.339 e. The van der Waals surface area contributed by atoms with E-state index in [1.807, 2.05) is 49.8 Å². The first kappa shape index (κ1) is 18.8. The first-order chi connectivity index (χ1) is 12.9. The summed E-state index contributed by atoms with van der Waals surface area (Å²) in [5.74, 6) is 1.80. The van der Waals surface area contributed by atoms with Crippen molar-refractivity contribution in [2.75, 3.05) is 5.32 Å². The summed E-state index contributed by atoms with van der Waals surface area (Å²) in [6.45, 7) is 8.01. The topological polar surface area (TPSA) is 85.8 Å². The fourth-order valence-corrected chi connectivity index (χ4v) is 2.71. The fourth-order valence-electron chi connectivity index (χ4n) is 2.71. The molecule has 1 amide bonds. The van der Waals surface area contributed by atoms with Gasteiger partial charge in [0.1, 0.15) is 0 Å². The van der Waals surface area contributed by atoms with E-state index in [-0.39, 0.29) is 24.3 Å². The summed E-state index contributed by atoms with van der Waals surface area (Å²) in [5, 5.41) is 11.3. The van der Waals surface area contributed by atoms with E-state index in [2.05, 4.69) is 39.6 Å². The number of rotatable bonds is 7. The molecule has 0 fully saturated rings. The molecular formula is C20H25N5O2. The Hall–Kier alpha value is -2.96. The Balaban J connectivity index is 1.60. The predicted octanol–water partition coefficient (Wildman–Crippen LogP) is 3.88. The van der Waals surface area contributed by atoms with Gasteiger partial charge in [-0.1, -0.05) is 49.3 Å². The van der Waals surface area contributed by atoms with Crippen LogP contribution in [0.25, 0.3) is 0 Å². The molecule has 1 N–H and O–H groups in total. The molecule has 0 aliphatic carbocycles. The van der Waals surface area contributed by atoms with Crippen LogP contribution in [0.15, 0.2) is 41.1 Å². The molecule has 0 aliphatic rings. The smallest absolute Gasteiger partial charge is 0.227 e. The van der Waals surface area contributed by atoms with Gasteiger partial charge in [-0.25, -0.2) is 0 Å². The van der Waals surface area contributed by atoms with Crippen LogP contribution in [0.3, 0.4) is 0 Å². The van der Waals surface area contributed by atoms with E-state index in [9.17, 15) is 4.79 Å². The van der Waals surface area contributed by atoms with Crippen molar-refractivity contribution in [3.8, 4) is 0 Å². The highest BCUT2D eigenvalue weighted by atomic mass is 16.5. The van der Waals surface area contributed by atoms with Crippen LogP contribution in [-0.2, 0) is 11.2 Å². The Morgan fingerprint density at radius 2 is 1.96 bits per heavy atom. The Bertz CT molecular complexity index is 898. The maximum absolute atomic E-state index is 12.3. The number of aryl methyl sites for hydroxylation is 2. The van der Waals surface area contributed by atoms with Gasteiger partial charge in [0.05, 0.1) is 6.04 Å². The fraction of sp³-hybridized carbons (Fsp3) is 0.400. The second-order valence-electron chi connectivity index (χ2n) is 6.98. The highest BCUT2D eigenvalue weighted by molar-refractivity contribution is 5.90. The molecule has 2 heterocycles. The van der Waals surface area contributed by atoms with E-state index in [1.54, 1.807) is 0 Å². The Morgan fingerprint density at radius 3 is 2.63 bits per heavy atom. The highest BCUT2D eigenvalue weighted by Gasteiger charge is 2.15. The van der Waals surface area contributed by atoms with Crippen LogP contribution in [0.1, 0.15) is 62.0 Å². The highest BCUT2D eigenvalue weighted by Crippen LogP contribution is 2.21. The maximum Gasteiger partial charge on any atom is 0.227 e. The van der Waals surface area contributed by atoms with Gasteiger partial charge >= 0.3 is 0 Å². The third-order valence-electron chi connectivity index (χ3n) is 4.42. The zero-order valence-electron chi connectivity index (χ0n) is 16.1. The number of amides is 1. The zero-order chi connectivity index (χ0) is 19.4. The molecule has 3 rings (SSSR count). The minimum atomic E-state index is -0.125. The molecule has 0 saturated heterocycles. The van der Waals surface area contributed by atoms with E-state index < -0.39 is 0 Å². The van der Waals surface area contributed by atoms with E-state index in [1.165, 1.54) is 0 Å². The standard InChI is InChI=1S/C20H25N5O2/c1-13(2)19-22-18(27-24-19)11-10-17(26)21-20-14(3)12-25(23-20)15(4)16-8-6-5-7-9-16/h5-9,12-13,15H,10-11H2,1-4H3,(H,21,23,26). The maximum atomic E-state index is 12.3. The Kier molecular flexibility index (Phi) is 5.69. The minimum absolute atomic E-state index is 0.0865. The second kappa shape index (κ2) is 8.16. The lowest BCUT2D eigenvalue weighted by molar-refractivity contribution is -0.116. The zero-order valence-corrected chi connectivity index (χ0v) is 16.1. The summed E-state index contributed by atoms with van der Waals surface area (Å²) in [4.78, 5) is 16.6. The molecule has 7 nitrogen and oxygen atoms in total. The largest absolute Gasteiger partial charge is 0.339 e. The van der Waals surface area contributed by atoms with Crippen molar-refractivity contribution in [3.63, 3.8) is 0 Å². The summed E-state index contributed by atoms with van der Waals surface area (Å²) in [7, 11) is 0. The van der Waals surface area contributed by atoms with E-state index >= 15 is 0 Å². The van der Waals surface area contributed by atoms with E-state index in [0.29, 0.717) is 24.0 Å². The van der Waals surface area contributed by atoms with Crippen molar-refractivity contribution < 1.29 is 9.32 Å². The molecule has 0 bridgehead atoms. The number of hydrogen-bond acceptors (Lipinski definition) is 5. The summed E-state index contributed by atoms with van der Waals surface area (Å²) >= 11 is 0. The summed E-state index contributed by atoms with van der Waals surface area (Å²) < 4.78 is 7.04. The van der Waals surface area contributed by atoms with Gasteiger partial charge in [0, 0.05) is 30.5 Å². The molecule has 0 spiro atoms. The van der Waals surface area contributed by atoms with Crippen molar-refractivity contribution in [2.24, 2.45) is 0 Å². The number of hydrogen-bond donors (Lipinski definition) is 1. The quantitative estimate of drug-likeness (QED) is 0.685. The molecule has 1 atom stereocenters. The van der Waals surface area contributed by atoms with Gasteiger partial charge in [0.2, 0.25) is 11.8 Å². The molecule has 27 heavy (non-hydrogen) atoms. The number of anilines is 1. The number of aromatic nitrogens is 4.